The van der Waals surface area contributed by atoms with Gasteiger partial charge in [-0.25, -0.2) is 0 Å². The molecule has 1 fully saturated rings. The lowest BCUT2D eigenvalue weighted by molar-refractivity contribution is -0.114. The van der Waals surface area contributed by atoms with Crippen molar-refractivity contribution in [3.05, 3.63) is 48.5 Å². The van der Waals surface area contributed by atoms with Gasteiger partial charge < -0.3 is 24.8 Å². The molecular weight excluding hydrogens is 344 g/mol. The fraction of sp³-hybridized carbons (Fsp3) is 0.381. The molecule has 1 saturated heterocycles. The lowest BCUT2D eigenvalue weighted by Gasteiger charge is -2.16. The van der Waals surface area contributed by atoms with Crippen molar-refractivity contribution in [3.8, 4) is 11.5 Å². The van der Waals surface area contributed by atoms with Crippen LogP contribution in [0, 0.1) is 0 Å². The Kier molecular flexibility index (Phi) is 6.93. The van der Waals surface area contributed by atoms with E-state index in [9.17, 15) is 4.79 Å². The number of carbonyl (C=O) groups is 1. The van der Waals surface area contributed by atoms with Crippen LogP contribution in [-0.2, 0) is 9.53 Å². The number of anilines is 2. The van der Waals surface area contributed by atoms with Crippen LogP contribution in [0.25, 0.3) is 0 Å². The van der Waals surface area contributed by atoms with E-state index in [0.717, 1.165) is 30.9 Å². The molecule has 1 atom stereocenters. The number of carbonyl (C=O) groups excluding carboxylic acids is 1. The largest absolute Gasteiger partial charge is 0.492 e. The van der Waals surface area contributed by atoms with Crippen LogP contribution in [0.1, 0.15) is 19.8 Å². The molecule has 144 valence electrons. The fourth-order valence-corrected chi connectivity index (χ4v) is 2.92. The number of amides is 1. The van der Waals surface area contributed by atoms with E-state index in [4.69, 9.17) is 14.2 Å². The number of nitrogens with one attached hydrogen (secondary N) is 2. The van der Waals surface area contributed by atoms with Gasteiger partial charge in [0, 0.05) is 6.61 Å². The van der Waals surface area contributed by atoms with Crippen molar-refractivity contribution >= 4 is 17.3 Å². The first kappa shape index (κ1) is 19.0. The zero-order valence-corrected chi connectivity index (χ0v) is 15.6. The third kappa shape index (κ3) is 5.62. The molecule has 2 N–H and O–H groups in total. The van der Waals surface area contributed by atoms with Gasteiger partial charge in [-0.15, -0.1) is 0 Å². The van der Waals surface area contributed by atoms with Gasteiger partial charge in [0.25, 0.3) is 0 Å². The average Bonchev–Trinajstić information content (AvgIpc) is 3.21. The van der Waals surface area contributed by atoms with Crippen LogP contribution in [0.2, 0.25) is 0 Å². The molecule has 0 radical (unpaired) electrons. The van der Waals surface area contributed by atoms with Crippen LogP contribution < -0.4 is 20.1 Å². The van der Waals surface area contributed by atoms with Gasteiger partial charge >= 0.3 is 0 Å². The molecule has 0 aliphatic carbocycles. The van der Waals surface area contributed by atoms with E-state index >= 15 is 0 Å². The molecule has 0 bridgehead atoms. The highest BCUT2D eigenvalue weighted by atomic mass is 16.5. The van der Waals surface area contributed by atoms with E-state index in [1.54, 1.807) is 0 Å². The maximum absolute atomic E-state index is 12.3. The molecule has 1 aliphatic rings. The van der Waals surface area contributed by atoms with Crippen molar-refractivity contribution in [2.24, 2.45) is 0 Å². The Balaban J connectivity index is 1.54. The molecule has 1 heterocycles. The Hall–Kier alpha value is -2.73. The quantitative estimate of drug-likeness (QED) is 0.704. The monoisotopic (exact) mass is 370 g/mol. The molecule has 2 aromatic rings. The zero-order valence-electron chi connectivity index (χ0n) is 15.6. The minimum Gasteiger partial charge on any atom is -0.492 e. The SMILES string of the molecule is CCOc1ccccc1NC(=O)CNc1ccccc1OCC1CCCO1. The molecule has 1 unspecified atom stereocenters. The number of para-hydroxylation sites is 4. The highest BCUT2D eigenvalue weighted by molar-refractivity contribution is 5.95. The van der Waals surface area contributed by atoms with E-state index < -0.39 is 0 Å². The Morgan fingerprint density at radius 3 is 2.48 bits per heavy atom. The second-order valence-corrected chi connectivity index (χ2v) is 6.27. The lowest BCUT2D eigenvalue weighted by atomic mass is 10.2. The predicted molar refractivity (Wildman–Crippen MR) is 106 cm³/mol. The van der Waals surface area contributed by atoms with Gasteiger partial charge in [-0.3, -0.25) is 4.79 Å². The van der Waals surface area contributed by atoms with Crippen LogP contribution in [0.4, 0.5) is 11.4 Å². The third-order valence-corrected chi connectivity index (χ3v) is 4.24. The first-order valence-electron chi connectivity index (χ1n) is 9.35. The van der Waals surface area contributed by atoms with Gasteiger partial charge in [-0.2, -0.15) is 0 Å². The lowest BCUT2D eigenvalue weighted by Crippen LogP contribution is -2.23. The smallest absolute Gasteiger partial charge is 0.243 e. The summed E-state index contributed by atoms with van der Waals surface area (Å²) >= 11 is 0. The summed E-state index contributed by atoms with van der Waals surface area (Å²) in [4.78, 5) is 12.3. The maximum atomic E-state index is 12.3. The molecule has 1 aliphatic heterocycles. The molecule has 6 heteroatoms. The van der Waals surface area contributed by atoms with Crippen molar-refractivity contribution in [1.82, 2.24) is 0 Å². The number of ether oxygens (including phenoxy) is 3. The van der Waals surface area contributed by atoms with Crippen LogP contribution in [0.15, 0.2) is 48.5 Å². The maximum Gasteiger partial charge on any atom is 0.243 e. The van der Waals surface area contributed by atoms with Gasteiger partial charge in [0.2, 0.25) is 5.91 Å². The van der Waals surface area contributed by atoms with Crippen molar-refractivity contribution < 1.29 is 19.0 Å². The standard InChI is InChI=1S/C21H26N2O4/c1-2-25-20-12-6-4-10-18(20)23-21(24)14-22-17-9-3-5-11-19(17)27-15-16-8-7-13-26-16/h3-6,9-12,16,22H,2,7-8,13-15H2,1H3,(H,23,24). The Bertz CT molecular complexity index is 744. The summed E-state index contributed by atoms with van der Waals surface area (Å²) in [5, 5.41) is 6.02. The summed E-state index contributed by atoms with van der Waals surface area (Å²) in [6.07, 6.45) is 2.26. The minimum atomic E-state index is -0.156. The van der Waals surface area contributed by atoms with Crippen molar-refractivity contribution in [2.45, 2.75) is 25.9 Å². The average molecular weight is 370 g/mol. The zero-order chi connectivity index (χ0) is 18.9. The number of benzene rings is 2. The van der Waals surface area contributed by atoms with E-state index in [1.165, 1.54) is 0 Å². The molecule has 0 saturated carbocycles. The Morgan fingerprint density at radius 2 is 1.78 bits per heavy atom. The number of hydrogen-bond donors (Lipinski definition) is 2. The number of hydrogen-bond acceptors (Lipinski definition) is 5. The highest BCUT2D eigenvalue weighted by Gasteiger charge is 2.17. The van der Waals surface area contributed by atoms with Gasteiger partial charge in [0.05, 0.1) is 30.6 Å². The van der Waals surface area contributed by atoms with Gasteiger partial charge in [-0.05, 0) is 44.0 Å². The third-order valence-electron chi connectivity index (χ3n) is 4.24. The minimum absolute atomic E-state index is 0.126. The number of rotatable bonds is 9. The fourth-order valence-electron chi connectivity index (χ4n) is 2.92. The second kappa shape index (κ2) is 9.83. The van der Waals surface area contributed by atoms with Crippen molar-refractivity contribution in [3.63, 3.8) is 0 Å². The normalized spacial score (nSPS) is 16.0. The van der Waals surface area contributed by atoms with Crippen LogP contribution in [0.5, 0.6) is 11.5 Å². The van der Waals surface area contributed by atoms with E-state index in [1.807, 2.05) is 55.5 Å². The van der Waals surface area contributed by atoms with Gasteiger partial charge in [-0.1, -0.05) is 24.3 Å². The van der Waals surface area contributed by atoms with E-state index in [0.29, 0.717) is 24.7 Å². The van der Waals surface area contributed by atoms with Crippen LogP contribution in [-0.4, -0.2) is 38.4 Å². The highest BCUT2D eigenvalue weighted by Crippen LogP contribution is 2.26. The van der Waals surface area contributed by atoms with Crippen molar-refractivity contribution in [2.75, 3.05) is 37.0 Å². The van der Waals surface area contributed by atoms with Gasteiger partial charge in [0.1, 0.15) is 18.1 Å². The Labute approximate surface area is 159 Å². The summed E-state index contributed by atoms with van der Waals surface area (Å²) in [5.41, 5.74) is 1.44. The summed E-state index contributed by atoms with van der Waals surface area (Å²) < 4.78 is 17.0. The van der Waals surface area contributed by atoms with E-state index in [2.05, 4.69) is 10.6 Å². The van der Waals surface area contributed by atoms with Gasteiger partial charge in [0.15, 0.2) is 0 Å². The molecule has 0 spiro atoms. The van der Waals surface area contributed by atoms with Crippen LogP contribution in [0.3, 0.4) is 0 Å². The molecular formula is C21H26N2O4. The summed E-state index contributed by atoms with van der Waals surface area (Å²) in [7, 11) is 0. The second-order valence-electron chi connectivity index (χ2n) is 6.27. The predicted octanol–water partition coefficient (Wildman–Crippen LogP) is 3.69. The van der Waals surface area contributed by atoms with Crippen LogP contribution >= 0.6 is 0 Å². The molecule has 3 rings (SSSR count). The summed E-state index contributed by atoms with van der Waals surface area (Å²) in [6, 6.07) is 15.0. The first-order valence-corrected chi connectivity index (χ1v) is 9.35. The van der Waals surface area contributed by atoms with Crippen molar-refractivity contribution in [1.29, 1.82) is 0 Å². The first-order chi connectivity index (χ1) is 13.3. The van der Waals surface area contributed by atoms with E-state index in [-0.39, 0.29) is 18.6 Å². The molecule has 2 aromatic carbocycles. The summed E-state index contributed by atoms with van der Waals surface area (Å²) in [6.45, 7) is 3.90. The molecule has 1 amide bonds. The molecule has 27 heavy (non-hydrogen) atoms. The topological polar surface area (TPSA) is 68.8 Å². The Morgan fingerprint density at radius 1 is 1.07 bits per heavy atom. The molecule has 0 aromatic heterocycles. The molecule has 6 nitrogen and oxygen atoms in total. The summed E-state index contributed by atoms with van der Waals surface area (Å²) in [5.74, 6) is 1.22.